The second-order valence-electron chi connectivity index (χ2n) is 4.19. The third-order valence-electron chi connectivity index (χ3n) is 3.03. The van der Waals surface area contributed by atoms with Gasteiger partial charge >= 0.3 is 0 Å². The number of hydrogen-bond donors (Lipinski definition) is 1. The maximum Gasteiger partial charge on any atom is 0.170 e. The van der Waals surface area contributed by atoms with Crippen molar-refractivity contribution in [2.45, 2.75) is 20.1 Å². The van der Waals surface area contributed by atoms with E-state index in [1.54, 1.807) is 7.11 Å². The molecule has 1 aromatic heterocycles. The first kappa shape index (κ1) is 13.4. The number of nitrogens with two attached hydrogens (primary N) is 1. The van der Waals surface area contributed by atoms with Crippen LogP contribution in [0.4, 0.5) is 0 Å². The lowest BCUT2D eigenvalue weighted by molar-refractivity contribution is 0.287. The van der Waals surface area contributed by atoms with Crippen molar-refractivity contribution in [1.29, 1.82) is 0 Å². The zero-order valence-corrected chi connectivity index (χ0v) is 11.4. The molecule has 0 unspecified atom stereocenters. The largest absolute Gasteiger partial charge is 0.497 e. The number of aromatic nitrogens is 3. The van der Waals surface area contributed by atoms with Crippen molar-refractivity contribution in [2.24, 2.45) is 12.8 Å². The number of benzene rings is 1. The number of aryl methyl sites for hydroxylation is 1. The molecule has 19 heavy (non-hydrogen) atoms. The van der Waals surface area contributed by atoms with Crippen molar-refractivity contribution in [2.75, 3.05) is 7.11 Å². The van der Waals surface area contributed by atoms with E-state index in [0.717, 1.165) is 28.7 Å². The quantitative estimate of drug-likeness (QED) is 0.875. The van der Waals surface area contributed by atoms with Crippen molar-refractivity contribution in [3.63, 3.8) is 0 Å². The highest BCUT2D eigenvalue weighted by Crippen LogP contribution is 2.24. The highest BCUT2D eigenvalue weighted by atomic mass is 16.5. The van der Waals surface area contributed by atoms with E-state index in [0.29, 0.717) is 13.2 Å². The van der Waals surface area contributed by atoms with Crippen LogP contribution in [0, 0.1) is 6.92 Å². The molecule has 0 aliphatic carbocycles. The smallest absolute Gasteiger partial charge is 0.170 e. The molecule has 0 atom stereocenters. The molecule has 102 valence electrons. The highest BCUT2D eigenvalue weighted by molar-refractivity contribution is 5.40. The molecule has 1 aromatic carbocycles. The zero-order valence-electron chi connectivity index (χ0n) is 11.4. The van der Waals surface area contributed by atoms with Crippen LogP contribution in [0.25, 0.3) is 0 Å². The van der Waals surface area contributed by atoms with Gasteiger partial charge in [0.1, 0.15) is 23.9 Å². The van der Waals surface area contributed by atoms with Crippen molar-refractivity contribution < 1.29 is 9.47 Å². The molecule has 0 saturated heterocycles. The van der Waals surface area contributed by atoms with Gasteiger partial charge in [-0.25, -0.2) is 0 Å². The van der Waals surface area contributed by atoms with Crippen LogP contribution in [-0.2, 0) is 20.2 Å². The Bertz CT molecular complexity index is 566. The minimum Gasteiger partial charge on any atom is -0.497 e. The Morgan fingerprint density at radius 1 is 1.32 bits per heavy atom. The molecular weight excluding hydrogens is 244 g/mol. The number of ether oxygens (including phenoxy) is 2. The minimum atomic E-state index is 0.358. The first-order valence-corrected chi connectivity index (χ1v) is 6.00. The molecule has 0 saturated carbocycles. The number of rotatable bonds is 5. The van der Waals surface area contributed by atoms with Crippen molar-refractivity contribution in [1.82, 2.24) is 14.8 Å². The van der Waals surface area contributed by atoms with E-state index >= 15 is 0 Å². The van der Waals surface area contributed by atoms with Crippen LogP contribution >= 0.6 is 0 Å². The predicted molar refractivity (Wildman–Crippen MR) is 71.0 cm³/mol. The normalized spacial score (nSPS) is 10.5. The molecule has 0 bridgehead atoms. The number of methoxy groups -OCH3 is 1. The third kappa shape index (κ3) is 2.85. The number of nitrogens with zero attached hydrogens (tertiary/aromatic N) is 3. The Morgan fingerprint density at radius 3 is 2.68 bits per heavy atom. The van der Waals surface area contributed by atoms with Crippen LogP contribution in [0.15, 0.2) is 18.2 Å². The highest BCUT2D eigenvalue weighted by Gasteiger charge is 2.08. The summed E-state index contributed by atoms with van der Waals surface area (Å²) >= 11 is 0. The van der Waals surface area contributed by atoms with E-state index in [2.05, 4.69) is 10.2 Å². The standard InChI is InChI=1S/C13H18N4O2/c1-9-15-16-13(17(9)2)8-19-12-5-4-11(18-3)6-10(12)7-14/h4-6H,7-8,14H2,1-3H3. The van der Waals surface area contributed by atoms with Gasteiger partial charge in [-0.2, -0.15) is 0 Å². The fraction of sp³-hybridized carbons (Fsp3) is 0.385. The van der Waals surface area contributed by atoms with Gasteiger partial charge in [0.2, 0.25) is 0 Å². The fourth-order valence-electron chi connectivity index (χ4n) is 1.70. The molecule has 1 heterocycles. The Labute approximate surface area is 112 Å². The molecule has 0 aliphatic rings. The van der Waals surface area contributed by atoms with Gasteiger partial charge in [-0.05, 0) is 25.1 Å². The molecule has 0 aliphatic heterocycles. The summed E-state index contributed by atoms with van der Waals surface area (Å²) in [5, 5.41) is 8.04. The zero-order chi connectivity index (χ0) is 13.8. The van der Waals surface area contributed by atoms with Crippen LogP contribution < -0.4 is 15.2 Å². The molecule has 0 spiro atoms. The fourth-order valence-corrected chi connectivity index (χ4v) is 1.70. The Hall–Kier alpha value is -2.08. The minimum absolute atomic E-state index is 0.358. The summed E-state index contributed by atoms with van der Waals surface area (Å²) in [6.45, 7) is 2.65. The first-order valence-electron chi connectivity index (χ1n) is 6.00. The van der Waals surface area contributed by atoms with Crippen LogP contribution in [0.5, 0.6) is 11.5 Å². The number of hydrogen-bond acceptors (Lipinski definition) is 5. The maximum atomic E-state index is 5.75. The van der Waals surface area contributed by atoms with Crippen LogP contribution in [0.3, 0.4) is 0 Å². The van der Waals surface area contributed by atoms with E-state index in [9.17, 15) is 0 Å². The summed E-state index contributed by atoms with van der Waals surface area (Å²) in [5.41, 5.74) is 6.61. The maximum absolute atomic E-state index is 5.75. The molecule has 2 aromatic rings. The van der Waals surface area contributed by atoms with Crippen molar-refractivity contribution in [3.8, 4) is 11.5 Å². The summed E-state index contributed by atoms with van der Waals surface area (Å²) in [6.07, 6.45) is 0. The lowest BCUT2D eigenvalue weighted by Crippen LogP contribution is -2.07. The molecule has 0 fully saturated rings. The van der Waals surface area contributed by atoms with Gasteiger partial charge < -0.3 is 19.8 Å². The van der Waals surface area contributed by atoms with Gasteiger partial charge in [-0.1, -0.05) is 0 Å². The second kappa shape index (κ2) is 5.71. The van der Waals surface area contributed by atoms with Gasteiger partial charge in [0, 0.05) is 19.2 Å². The van der Waals surface area contributed by atoms with E-state index in [1.807, 2.05) is 36.7 Å². The second-order valence-corrected chi connectivity index (χ2v) is 4.19. The van der Waals surface area contributed by atoms with Gasteiger partial charge in [-0.15, -0.1) is 10.2 Å². The van der Waals surface area contributed by atoms with E-state index < -0.39 is 0 Å². The molecule has 2 N–H and O–H groups in total. The molecule has 6 heteroatoms. The molecule has 2 rings (SSSR count). The van der Waals surface area contributed by atoms with Gasteiger partial charge in [-0.3, -0.25) is 0 Å². The van der Waals surface area contributed by atoms with E-state index in [1.165, 1.54) is 0 Å². The lowest BCUT2D eigenvalue weighted by atomic mass is 10.2. The Morgan fingerprint density at radius 2 is 2.11 bits per heavy atom. The van der Waals surface area contributed by atoms with E-state index in [4.69, 9.17) is 15.2 Å². The molecular formula is C13H18N4O2. The summed E-state index contributed by atoms with van der Waals surface area (Å²) in [7, 11) is 3.53. The topological polar surface area (TPSA) is 75.2 Å². The predicted octanol–water partition coefficient (Wildman–Crippen LogP) is 1.17. The first-order chi connectivity index (χ1) is 9.15. The van der Waals surface area contributed by atoms with Gasteiger partial charge in [0.25, 0.3) is 0 Å². The summed E-state index contributed by atoms with van der Waals surface area (Å²) in [5.74, 6) is 3.13. The van der Waals surface area contributed by atoms with Crippen molar-refractivity contribution in [3.05, 3.63) is 35.4 Å². The third-order valence-corrected chi connectivity index (χ3v) is 3.03. The SMILES string of the molecule is COc1ccc(OCc2nnc(C)n2C)c(CN)c1. The van der Waals surface area contributed by atoms with Crippen molar-refractivity contribution >= 4 is 0 Å². The lowest BCUT2D eigenvalue weighted by Gasteiger charge is -2.11. The Balaban J connectivity index is 2.13. The van der Waals surface area contributed by atoms with Crippen LogP contribution in [0.2, 0.25) is 0 Å². The monoisotopic (exact) mass is 262 g/mol. The average Bonchev–Trinajstić information content (AvgIpc) is 2.76. The van der Waals surface area contributed by atoms with E-state index in [-0.39, 0.29) is 0 Å². The average molecular weight is 262 g/mol. The summed E-state index contributed by atoms with van der Waals surface area (Å²) in [4.78, 5) is 0. The molecule has 0 radical (unpaired) electrons. The summed E-state index contributed by atoms with van der Waals surface area (Å²) in [6, 6.07) is 5.57. The van der Waals surface area contributed by atoms with Crippen LogP contribution in [-0.4, -0.2) is 21.9 Å². The van der Waals surface area contributed by atoms with Crippen LogP contribution in [0.1, 0.15) is 17.2 Å². The van der Waals surface area contributed by atoms with Gasteiger partial charge in [0.15, 0.2) is 5.82 Å². The molecule has 6 nitrogen and oxygen atoms in total. The molecule has 0 amide bonds. The van der Waals surface area contributed by atoms with Gasteiger partial charge in [0.05, 0.1) is 7.11 Å². The summed E-state index contributed by atoms with van der Waals surface area (Å²) < 4.78 is 12.8. The Kier molecular flexibility index (Phi) is 4.01.